The second-order valence-electron chi connectivity index (χ2n) is 5.50. The molecule has 1 saturated heterocycles. The van der Waals surface area contributed by atoms with Crippen molar-refractivity contribution in [2.45, 2.75) is 39.0 Å². The fraction of sp³-hybridized carbons (Fsp3) is 0.643. The van der Waals surface area contributed by atoms with Gasteiger partial charge in [0.05, 0.1) is 5.92 Å². The summed E-state index contributed by atoms with van der Waals surface area (Å²) in [6.45, 7) is 3.29. The highest BCUT2D eigenvalue weighted by Gasteiger charge is 2.31. The summed E-state index contributed by atoms with van der Waals surface area (Å²) in [5.74, 6) is 0.844. The first-order valence-corrected chi connectivity index (χ1v) is 6.99. The standard InChI is InChI=1S/C14H19N3O2/c1-9-15-12-5-3-2-4-11(12)13(16-9)17-7-6-10(8-17)14(18)19/h10H,2-8H2,1H3,(H,18,19). The highest BCUT2D eigenvalue weighted by Crippen LogP contribution is 2.31. The van der Waals surface area contributed by atoms with E-state index in [2.05, 4.69) is 14.9 Å². The first-order valence-electron chi connectivity index (χ1n) is 6.99. The van der Waals surface area contributed by atoms with Crippen LogP contribution in [-0.2, 0) is 17.6 Å². The Kier molecular flexibility index (Phi) is 3.12. The maximum Gasteiger partial charge on any atom is 0.308 e. The molecule has 0 radical (unpaired) electrons. The zero-order chi connectivity index (χ0) is 13.4. The average molecular weight is 261 g/mol. The highest BCUT2D eigenvalue weighted by molar-refractivity contribution is 5.72. The van der Waals surface area contributed by atoms with Gasteiger partial charge in [-0.15, -0.1) is 0 Å². The number of rotatable bonds is 2. The Labute approximate surface area is 112 Å². The van der Waals surface area contributed by atoms with Crippen molar-refractivity contribution in [3.8, 4) is 0 Å². The molecule has 102 valence electrons. The predicted molar refractivity (Wildman–Crippen MR) is 71.4 cm³/mol. The monoisotopic (exact) mass is 261 g/mol. The Morgan fingerprint density at radius 3 is 2.84 bits per heavy atom. The largest absolute Gasteiger partial charge is 0.481 e. The highest BCUT2D eigenvalue weighted by atomic mass is 16.4. The molecule has 1 atom stereocenters. The summed E-state index contributed by atoms with van der Waals surface area (Å²) in [7, 11) is 0. The molecular formula is C14H19N3O2. The van der Waals surface area contributed by atoms with Crippen LogP contribution in [0.2, 0.25) is 0 Å². The topological polar surface area (TPSA) is 66.3 Å². The minimum absolute atomic E-state index is 0.255. The molecule has 5 heteroatoms. The zero-order valence-electron chi connectivity index (χ0n) is 11.2. The number of carboxylic acid groups (broad SMARTS) is 1. The number of carboxylic acids is 1. The molecule has 5 nitrogen and oxygen atoms in total. The summed E-state index contributed by atoms with van der Waals surface area (Å²) >= 11 is 0. The van der Waals surface area contributed by atoms with Crippen molar-refractivity contribution in [3.05, 3.63) is 17.1 Å². The summed E-state index contributed by atoms with van der Waals surface area (Å²) in [5, 5.41) is 9.11. The van der Waals surface area contributed by atoms with Crippen LogP contribution in [0, 0.1) is 12.8 Å². The van der Waals surface area contributed by atoms with Gasteiger partial charge in [-0.2, -0.15) is 0 Å². The average Bonchev–Trinajstić information content (AvgIpc) is 2.87. The smallest absolute Gasteiger partial charge is 0.308 e. The molecule has 1 aliphatic carbocycles. The number of carbonyl (C=O) groups is 1. The zero-order valence-corrected chi connectivity index (χ0v) is 11.2. The second-order valence-corrected chi connectivity index (χ2v) is 5.50. The molecule has 2 heterocycles. The lowest BCUT2D eigenvalue weighted by atomic mass is 9.96. The van der Waals surface area contributed by atoms with Crippen LogP contribution in [0.5, 0.6) is 0 Å². The third-order valence-corrected chi connectivity index (χ3v) is 4.11. The van der Waals surface area contributed by atoms with E-state index in [1.807, 2.05) is 6.92 Å². The molecule has 0 spiro atoms. The number of aryl methyl sites for hydroxylation is 2. The van der Waals surface area contributed by atoms with Crippen molar-refractivity contribution in [2.24, 2.45) is 5.92 Å². The number of nitrogens with zero attached hydrogens (tertiary/aromatic N) is 3. The van der Waals surface area contributed by atoms with Crippen LogP contribution < -0.4 is 4.90 Å². The molecule has 2 aliphatic rings. The quantitative estimate of drug-likeness (QED) is 0.875. The van der Waals surface area contributed by atoms with Gasteiger partial charge in [-0.1, -0.05) is 0 Å². The minimum atomic E-state index is -0.692. The first kappa shape index (κ1) is 12.4. The third kappa shape index (κ3) is 2.29. The van der Waals surface area contributed by atoms with Crippen LogP contribution in [0.3, 0.4) is 0 Å². The SMILES string of the molecule is Cc1nc2c(c(N3CCC(C(=O)O)C3)n1)CCCC2. The Morgan fingerprint density at radius 1 is 1.32 bits per heavy atom. The number of aliphatic carboxylic acids is 1. The molecule has 1 fully saturated rings. The molecule has 0 saturated carbocycles. The Morgan fingerprint density at radius 2 is 2.11 bits per heavy atom. The maximum atomic E-state index is 11.1. The Balaban J connectivity index is 1.92. The van der Waals surface area contributed by atoms with E-state index >= 15 is 0 Å². The van der Waals surface area contributed by atoms with E-state index in [0.717, 1.165) is 31.0 Å². The minimum Gasteiger partial charge on any atom is -0.481 e. The Hall–Kier alpha value is -1.65. The molecule has 1 N–H and O–H groups in total. The van der Waals surface area contributed by atoms with Crippen molar-refractivity contribution >= 4 is 11.8 Å². The lowest BCUT2D eigenvalue weighted by Crippen LogP contribution is -2.26. The van der Waals surface area contributed by atoms with Gasteiger partial charge in [0, 0.05) is 24.3 Å². The van der Waals surface area contributed by atoms with Gasteiger partial charge in [-0.05, 0) is 39.0 Å². The molecule has 1 aromatic rings. The molecule has 19 heavy (non-hydrogen) atoms. The van der Waals surface area contributed by atoms with Gasteiger partial charge in [-0.25, -0.2) is 9.97 Å². The van der Waals surface area contributed by atoms with Crippen LogP contribution in [0.4, 0.5) is 5.82 Å². The summed E-state index contributed by atoms with van der Waals surface area (Å²) < 4.78 is 0. The van der Waals surface area contributed by atoms with Crippen molar-refractivity contribution < 1.29 is 9.90 Å². The molecule has 0 aromatic carbocycles. The summed E-state index contributed by atoms with van der Waals surface area (Å²) in [6.07, 6.45) is 5.15. The van der Waals surface area contributed by atoms with Crippen LogP contribution >= 0.6 is 0 Å². The van der Waals surface area contributed by atoms with Gasteiger partial charge >= 0.3 is 5.97 Å². The molecule has 1 aromatic heterocycles. The first-order chi connectivity index (χ1) is 9.15. The van der Waals surface area contributed by atoms with Crippen LogP contribution in [-0.4, -0.2) is 34.1 Å². The number of hydrogen-bond donors (Lipinski definition) is 1. The molecule has 3 rings (SSSR count). The van der Waals surface area contributed by atoms with E-state index in [1.165, 1.54) is 24.1 Å². The molecule has 1 aliphatic heterocycles. The van der Waals surface area contributed by atoms with Crippen molar-refractivity contribution in [3.63, 3.8) is 0 Å². The second kappa shape index (κ2) is 4.79. The molecule has 1 unspecified atom stereocenters. The normalized spacial score (nSPS) is 22.4. The van der Waals surface area contributed by atoms with Crippen molar-refractivity contribution in [1.82, 2.24) is 9.97 Å². The van der Waals surface area contributed by atoms with E-state index < -0.39 is 5.97 Å². The van der Waals surface area contributed by atoms with Crippen LogP contribution in [0.15, 0.2) is 0 Å². The third-order valence-electron chi connectivity index (χ3n) is 4.11. The van der Waals surface area contributed by atoms with Gasteiger partial charge in [-0.3, -0.25) is 4.79 Å². The van der Waals surface area contributed by atoms with Gasteiger partial charge in [0.25, 0.3) is 0 Å². The number of anilines is 1. The molecule has 0 bridgehead atoms. The van der Waals surface area contributed by atoms with E-state index in [9.17, 15) is 4.79 Å². The van der Waals surface area contributed by atoms with E-state index in [4.69, 9.17) is 5.11 Å². The molecular weight excluding hydrogens is 242 g/mol. The van der Waals surface area contributed by atoms with E-state index in [1.54, 1.807) is 0 Å². The van der Waals surface area contributed by atoms with E-state index in [-0.39, 0.29) is 5.92 Å². The fourth-order valence-electron chi connectivity index (χ4n) is 3.11. The van der Waals surface area contributed by atoms with Gasteiger partial charge in [0.1, 0.15) is 11.6 Å². The predicted octanol–water partition coefficient (Wildman–Crippen LogP) is 1.57. The van der Waals surface area contributed by atoms with Crippen LogP contribution in [0.1, 0.15) is 36.3 Å². The van der Waals surface area contributed by atoms with Crippen LogP contribution in [0.25, 0.3) is 0 Å². The van der Waals surface area contributed by atoms with Crippen molar-refractivity contribution in [2.75, 3.05) is 18.0 Å². The van der Waals surface area contributed by atoms with Gasteiger partial charge in [0.15, 0.2) is 0 Å². The van der Waals surface area contributed by atoms with Gasteiger partial charge < -0.3 is 10.0 Å². The fourth-order valence-corrected chi connectivity index (χ4v) is 3.11. The van der Waals surface area contributed by atoms with Crippen molar-refractivity contribution in [1.29, 1.82) is 0 Å². The number of fused-ring (bicyclic) bond motifs is 1. The summed E-state index contributed by atoms with van der Waals surface area (Å²) in [5.41, 5.74) is 2.43. The van der Waals surface area contributed by atoms with E-state index in [0.29, 0.717) is 13.0 Å². The summed E-state index contributed by atoms with van der Waals surface area (Å²) in [4.78, 5) is 22.3. The van der Waals surface area contributed by atoms with Gasteiger partial charge in [0.2, 0.25) is 0 Å². The lowest BCUT2D eigenvalue weighted by Gasteiger charge is -2.24. The summed E-state index contributed by atoms with van der Waals surface area (Å²) in [6, 6.07) is 0. The maximum absolute atomic E-state index is 11.1. The lowest BCUT2D eigenvalue weighted by molar-refractivity contribution is -0.140. The number of hydrogen-bond acceptors (Lipinski definition) is 4. The Bertz CT molecular complexity index is 516. The molecule has 0 amide bonds. The number of aromatic nitrogens is 2.